The van der Waals surface area contributed by atoms with Crippen LogP contribution in [0.15, 0.2) is 41.1 Å². The molecule has 26 heavy (non-hydrogen) atoms. The lowest BCUT2D eigenvalue weighted by atomic mass is 10.2. The molecule has 1 aliphatic rings. The maximum absolute atomic E-state index is 12.0. The lowest BCUT2D eigenvalue weighted by molar-refractivity contribution is -0.759. The topological polar surface area (TPSA) is 82.6 Å². The second-order valence-corrected chi connectivity index (χ2v) is 7.11. The van der Waals surface area contributed by atoms with Crippen molar-refractivity contribution in [2.24, 2.45) is 0 Å². The largest absolute Gasteiger partial charge is 0.305 e. The monoisotopic (exact) mass is 376 g/mol. The summed E-state index contributed by atoms with van der Waals surface area (Å²) in [5.74, 6) is 0.500. The molecule has 1 fully saturated rings. The van der Waals surface area contributed by atoms with Gasteiger partial charge in [-0.15, -0.1) is 0 Å². The van der Waals surface area contributed by atoms with Crippen LogP contribution < -0.4 is 15.1 Å². The number of carbonyl (C=O) groups excluding carboxylic acids is 2. The van der Waals surface area contributed by atoms with E-state index in [1.54, 1.807) is 23.1 Å². The highest BCUT2D eigenvalue weighted by atomic mass is 32.2. The molecule has 0 aliphatic carbocycles. The molecule has 0 bridgehead atoms. The first-order valence-corrected chi connectivity index (χ1v) is 9.45. The summed E-state index contributed by atoms with van der Waals surface area (Å²) >= 11 is 1.13. The smallest absolute Gasteiger partial charge is 0.302 e. The van der Waals surface area contributed by atoms with Crippen LogP contribution >= 0.6 is 11.8 Å². The number of nitrogens with zero attached hydrogens (tertiary/aromatic N) is 4. The molecule has 1 aliphatic heterocycles. The van der Waals surface area contributed by atoms with Crippen molar-refractivity contribution in [3.05, 3.63) is 42.1 Å². The summed E-state index contributed by atoms with van der Waals surface area (Å²) < 4.78 is 5.16. The van der Waals surface area contributed by atoms with Gasteiger partial charge in [-0.2, -0.15) is 5.01 Å². The number of likely N-dealkylation sites (N-methyl/N-ethyl adjacent to an activating group) is 1. The van der Waals surface area contributed by atoms with E-state index in [4.69, 9.17) is 4.52 Å². The lowest BCUT2D eigenvalue weighted by Crippen LogP contribution is -2.64. The number of nitrogens with one attached hydrogen (secondary N) is 1. The fraction of sp³-hybridized carbons (Fsp3) is 0.412. The average Bonchev–Trinajstić information content (AvgIpc) is 3.11. The standard InChI is InChI=1S/C17H21N5O3S/c1-20-8-10-21(11-9-20)22-13-16(25-19-22)18-15(23)7-12-26-17(24)14-5-3-2-4-6-14/h2-6,13H,7-12H2,1H3/p+1. The van der Waals surface area contributed by atoms with Gasteiger partial charge in [0.25, 0.3) is 6.20 Å². The Hall–Kier alpha value is -2.39. The first-order chi connectivity index (χ1) is 12.6. The van der Waals surface area contributed by atoms with E-state index >= 15 is 0 Å². The second-order valence-electron chi connectivity index (χ2n) is 6.04. The summed E-state index contributed by atoms with van der Waals surface area (Å²) in [5.41, 5.74) is 0.640. The number of carbonyl (C=O) groups is 2. The molecule has 2 heterocycles. The lowest BCUT2D eigenvalue weighted by Gasteiger charge is -2.26. The fourth-order valence-corrected chi connectivity index (χ4v) is 3.30. The Morgan fingerprint density at radius 3 is 2.69 bits per heavy atom. The van der Waals surface area contributed by atoms with E-state index in [1.165, 1.54) is 0 Å². The third kappa shape index (κ3) is 5.06. The third-order valence-electron chi connectivity index (χ3n) is 4.06. The molecule has 0 saturated carbocycles. The molecule has 138 valence electrons. The van der Waals surface area contributed by atoms with Crippen LogP contribution in [0.25, 0.3) is 0 Å². The minimum atomic E-state index is -0.208. The van der Waals surface area contributed by atoms with Crippen molar-refractivity contribution in [1.82, 2.24) is 10.2 Å². The molecule has 1 aromatic carbocycles. The minimum absolute atomic E-state index is 0.0361. The van der Waals surface area contributed by atoms with Gasteiger partial charge >= 0.3 is 5.88 Å². The van der Waals surface area contributed by atoms with Gasteiger partial charge in [-0.25, -0.2) is 0 Å². The summed E-state index contributed by atoms with van der Waals surface area (Å²) in [6, 6.07) is 9.03. The molecular weight excluding hydrogens is 354 g/mol. The number of amides is 1. The molecule has 2 aromatic rings. The van der Waals surface area contributed by atoms with E-state index < -0.39 is 0 Å². The molecule has 0 radical (unpaired) electrons. The number of thioether (sulfide) groups is 1. The summed E-state index contributed by atoms with van der Waals surface area (Å²) in [4.78, 5) is 27.8. The fourth-order valence-electron chi connectivity index (χ4n) is 2.52. The molecule has 0 spiro atoms. The van der Waals surface area contributed by atoms with E-state index in [2.05, 4.69) is 22.5 Å². The molecule has 1 N–H and O–H groups in total. The Kier molecular flexibility index (Phi) is 6.24. The van der Waals surface area contributed by atoms with E-state index in [9.17, 15) is 9.59 Å². The Morgan fingerprint density at radius 1 is 1.23 bits per heavy atom. The Balaban J connectivity index is 1.42. The first-order valence-electron chi connectivity index (χ1n) is 8.46. The van der Waals surface area contributed by atoms with Gasteiger partial charge in [0.1, 0.15) is 0 Å². The highest BCUT2D eigenvalue weighted by molar-refractivity contribution is 8.14. The summed E-state index contributed by atoms with van der Waals surface area (Å²) in [6.45, 7) is 3.60. The van der Waals surface area contributed by atoms with Gasteiger partial charge in [0.15, 0.2) is 0 Å². The predicted octanol–water partition coefficient (Wildman–Crippen LogP) is 0.748. The Bertz CT molecular complexity index is 744. The highest BCUT2D eigenvalue weighted by Crippen LogP contribution is 2.13. The van der Waals surface area contributed by atoms with Gasteiger partial charge in [-0.1, -0.05) is 42.1 Å². The average molecular weight is 376 g/mol. The normalized spacial score (nSPS) is 15.0. The van der Waals surface area contributed by atoms with Gasteiger partial charge in [0, 0.05) is 30.8 Å². The molecular formula is C17H22N5O3S+. The van der Waals surface area contributed by atoms with Crippen LogP contribution in [0.4, 0.5) is 5.88 Å². The Labute approximate surface area is 156 Å². The van der Waals surface area contributed by atoms with Crippen LogP contribution in [0.3, 0.4) is 0 Å². The van der Waals surface area contributed by atoms with Crippen LogP contribution in [0.5, 0.6) is 0 Å². The second kappa shape index (κ2) is 8.81. The Morgan fingerprint density at radius 2 is 1.96 bits per heavy atom. The zero-order chi connectivity index (χ0) is 18.4. The van der Waals surface area contributed by atoms with Gasteiger partial charge in [-0.05, 0) is 7.05 Å². The number of hydrogen-bond acceptors (Lipinski definition) is 7. The van der Waals surface area contributed by atoms with Crippen LogP contribution in [-0.2, 0) is 4.79 Å². The van der Waals surface area contributed by atoms with Crippen molar-refractivity contribution >= 4 is 28.7 Å². The summed E-state index contributed by atoms with van der Waals surface area (Å²) in [6.07, 6.45) is 1.88. The predicted molar refractivity (Wildman–Crippen MR) is 98.6 cm³/mol. The molecule has 1 aromatic heterocycles. The van der Waals surface area contributed by atoms with Crippen LogP contribution in [0.1, 0.15) is 16.8 Å². The van der Waals surface area contributed by atoms with Crippen LogP contribution in [0.2, 0.25) is 0 Å². The summed E-state index contributed by atoms with van der Waals surface area (Å²) in [7, 11) is 2.08. The van der Waals surface area contributed by atoms with Gasteiger partial charge in [0.2, 0.25) is 16.3 Å². The summed E-state index contributed by atoms with van der Waals surface area (Å²) in [5, 5.41) is 8.63. The van der Waals surface area contributed by atoms with E-state index in [0.29, 0.717) is 17.2 Å². The van der Waals surface area contributed by atoms with Crippen molar-refractivity contribution < 1.29 is 18.9 Å². The van der Waals surface area contributed by atoms with E-state index in [0.717, 1.165) is 37.9 Å². The zero-order valence-electron chi connectivity index (χ0n) is 14.6. The molecule has 1 saturated heterocycles. The number of benzene rings is 1. The van der Waals surface area contributed by atoms with Crippen molar-refractivity contribution in [1.29, 1.82) is 0 Å². The SMILES string of the molecule is CN1CCN([n+]2cc(NC(=O)CCSC(=O)c3ccccc3)on2)CC1. The van der Waals surface area contributed by atoms with Gasteiger partial charge in [0.05, 0.1) is 17.9 Å². The molecule has 9 heteroatoms. The van der Waals surface area contributed by atoms with Gasteiger partial charge in [-0.3, -0.25) is 19.4 Å². The maximum Gasteiger partial charge on any atom is 0.305 e. The number of piperazine rings is 1. The van der Waals surface area contributed by atoms with Crippen molar-refractivity contribution in [3.63, 3.8) is 0 Å². The highest BCUT2D eigenvalue weighted by Gasteiger charge is 2.25. The van der Waals surface area contributed by atoms with Crippen molar-refractivity contribution in [3.8, 4) is 0 Å². The minimum Gasteiger partial charge on any atom is -0.302 e. The molecule has 3 rings (SSSR count). The number of aromatic nitrogens is 2. The van der Waals surface area contributed by atoms with E-state index in [1.807, 2.05) is 23.2 Å². The van der Waals surface area contributed by atoms with Crippen LogP contribution in [0, 0.1) is 0 Å². The van der Waals surface area contributed by atoms with Crippen molar-refractivity contribution in [2.75, 3.05) is 49.3 Å². The number of rotatable bonds is 6. The maximum atomic E-state index is 12.0. The van der Waals surface area contributed by atoms with Crippen LogP contribution in [-0.4, -0.2) is 60.2 Å². The molecule has 8 nitrogen and oxygen atoms in total. The van der Waals surface area contributed by atoms with E-state index in [-0.39, 0.29) is 17.4 Å². The number of anilines is 1. The number of hydrogen-bond donors (Lipinski definition) is 1. The first kappa shape index (κ1) is 18.4. The third-order valence-corrected chi connectivity index (χ3v) is 4.97. The zero-order valence-corrected chi connectivity index (χ0v) is 15.4. The molecule has 0 atom stereocenters. The molecule has 0 unspecified atom stereocenters. The van der Waals surface area contributed by atoms with Gasteiger partial charge < -0.3 is 4.90 Å². The quantitative estimate of drug-likeness (QED) is 0.745. The molecule has 1 amide bonds. The van der Waals surface area contributed by atoms with Crippen molar-refractivity contribution in [2.45, 2.75) is 6.42 Å².